The van der Waals surface area contributed by atoms with Crippen LogP contribution >= 0.6 is 0 Å². The van der Waals surface area contributed by atoms with Crippen molar-refractivity contribution in [3.8, 4) is 5.75 Å². The number of anilines is 1. The van der Waals surface area contributed by atoms with Crippen LogP contribution in [0, 0.1) is 0 Å². The van der Waals surface area contributed by atoms with Crippen LogP contribution in [-0.2, 0) is 15.9 Å². The number of phenolic OH excluding ortho intramolecular Hbond substituents is 1. The van der Waals surface area contributed by atoms with Gasteiger partial charge in [-0.2, -0.15) is 0 Å². The first-order chi connectivity index (χ1) is 11.7. The van der Waals surface area contributed by atoms with Gasteiger partial charge in [0.2, 0.25) is 0 Å². The van der Waals surface area contributed by atoms with Gasteiger partial charge in [0.1, 0.15) is 5.75 Å². The number of benzene rings is 1. The maximum atomic E-state index is 10.5. The van der Waals surface area contributed by atoms with E-state index in [0.717, 1.165) is 16.7 Å². The minimum atomic E-state index is -0.470. The Bertz CT molecular complexity index is 734. The SMILES string of the molecule is CN(Cc1ccc(B2OC(C)(C)C(C)(C)O2)cc1O)c1ccncc1. The van der Waals surface area contributed by atoms with E-state index in [1.165, 1.54) is 0 Å². The van der Waals surface area contributed by atoms with Gasteiger partial charge in [-0.05, 0) is 51.4 Å². The van der Waals surface area contributed by atoms with Crippen molar-refractivity contribution in [2.24, 2.45) is 0 Å². The number of phenols is 1. The molecule has 1 aromatic carbocycles. The lowest BCUT2D eigenvalue weighted by Gasteiger charge is -2.32. The average Bonchev–Trinajstić information content (AvgIpc) is 2.78. The van der Waals surface area contributed by atoms with Crippen molar-refractivity contribution in [2.75, 3.05) is 11.9 Å². The number of rotatable bonds is 4. The van der Waals surface area contributed by atoms with E-state index in [4.69, 9.17) is 9.31 Å². The summed E-state index contributed by atoms with van der Waals surface area (Å²) in [6.07, 6.45) is 3.51. The van der Waals surface area contributed by atoms with E-state index in [1.807, 2.05) is 59.0 Å². The van der Waals surface area contributed by atoms with Crippen LogP contribution in [0.3, 0.4) is 0 Å². The molecule has 0 radical (unpaired) electrons. The summed E-state index contributed by atoms with van der Waals surface area (Å²) in [5.41, 5.74) is 1.93. The minimum Gasteiger partial charge on any atom is -0.508 e. The molecule has 6 heteroatoms. The standard InChI is InChI=1S/C19H25BN2O3/c1-18(2)19(3,4)25-20(24-18)15-7-6-14(17(23)12-15)13-22(5)16-8-10-21-11-9-16/h6-12,23H,13H2,1-5H3. The zero-order chi connectivity index (χ0) is 18.2. The molecule has 2 heterocycles. The summed E-state index contributed by atoms with van der Waals surface area (Å²) < 4.78 is 12.1. The van der Waals surface area contributed by atoms with Crippen molar-refractivity contribution in [1.82, 2.24) is 4.98 Å². The summed E-state index contributed by atoms with van der Waals surface area (Å²) in [5.74, 6) is 0.244. The fourth-order valence-electron chi connectivity index (χ4n) is 2.79. The van der Waals surface area contributed by atoms with Crippen molar-refractivity contribution in [3.05, 3.63) is 48.3 Å². The highest BCUT2D eigenvalue weighted by atomic mass is 16.7. The van der Waals surface area contributed by atoms with Crippen LogP contribution in [0.2, 0.25) is 0 Å². The molecule has 0 saturated carbocycles. The van der Waals surface area contributed by atoms with E-state index in [-0.39, 0.29) is 5.75 Å². The third-order valence-corrected chi connectivity index (χ3v) is 5.15. The monoisotopic (exact) mass is 340 g/mol. The normalized spacial score (nSPS) is 18.4. The molecule has 3 rings (SSSR count). The predicted molar refractivity (Wildman–Crippen MR) is 100 cm³/mol. The van der Waals surface area contributed by atoms with Gasteiger partial charge in [0.05, 0.1) is 11.2 Å². The van der Waals surface area contributed by atoms with Crippen LogP contribution in [0.4, 0.5) is 5.69 Å². The average molecular weight is 340 g/mol. The first-order valence-corrected chi connectivity index (χ1v) is 8.48. The highest BCUT2D eigenvalue weighted by Crippen LogP contribution is 2.36. The van der Waals surface area contributed by atoms with Crippen LogP contribution in [0.5, 0.6) is 5.75 Å². The molecule has 1 N–H and O–H groups in total. The number of pyridine rings is 1. The summed E-state index contributed by atoms with van der Waals surface area (Å²) in [5, 5.41) is 10.5. The molecule has 0 spiro atoms. The van der Waals surface area contributed by atoms with Crippen LogP contribution in [0.1, 0.15) is 33.3 Å². The maximum absolute atomic E-state index is 10.5. The predicted octanol–water partition coefficient (Wildman–Crippen LogP) is 2.72. The fraction of sp³-hybridized carbons (Fsp3) is 0.421. The van der Waals surface area contributed by atoms with Gasteiger partial charge < -0.3 is 19.3 Å². The molecule has 1 aliphatic rings. The Morgan fingerprint density at radius 2 is 1.64 bits per heavy atom. The van der Waals surface area contributed by atoms with Gasteiger partial charge in [0.25, 0.3) is 0 Å². The molecule has 1 saturated heterocycles. The van der Waals surface area contributed by atoms with Gasteiger partial charge >= 0.3 is 7.12 Å². The second-order valence-electron chi connectivity index (χ2n) is 7.54. The third kappa shape index (κ3) is 3.50. The Balaban J connectivity index is 1.76. The lowest BCUT2D eigenvalue weighted by atomic mass is 9.78. The van der Waals surface area contributed by atoms with Crippen molar-refractivity contribution in [1.29, 1.82) is 0 Å². The van der Waals surface area contributed by atoms with Gasteiger partial charge in [0.15, 0.2) is 0 Å². The van der Waals surface area contributed by atoms with Gasteiger partial charge in [-0.1, -0.05) is 12.1 Å². The number of aromatic nitrogens is 1. The van der Waals surface area contributed by atoms with E-state index < -0.39 is 18.3 Å². The Labute approximate surface area is 149 Å². The molecule has 0 bridgehead atoms. The smallest absolute Gasteiger partial charge is 0.494 e. The lowest BCUT2D eigenvalue weighted by molar-refractivity contribution is 0.00578. The first kappa shape index (κ1) is 17.8. The molecule has 0 amide bonds. The molecule has 1 aliphatic heterocycles. The number of hydrogen-bond donors (Lipinski definition) is 1. The van der Waals surface area contributed by atoms with E-state index in [9.17, 15) is 5.11 Å². The third-order valence-electron chi connectivity index (χ3n) is 5.15. The van der Waals surface area contributed by atoms with Crippen LogP contribution in [-0.4, -0.2) is 35.5 Å². The Hall–Kier alpha value is -2.05. The van der Waals surface area contributed by atoms with Gasteiger partial charge in [0, 0.05) is 37.2 Å². The van der Waals surface area contributed by atoms with Crippen LogP contribution in [0.25, 0.3) is 0 Å². The largest absolute Gasteiger partial charge is 0.508 e. The molecular weight excluding hydrogens is 315 g/mol. The Kier molecular flexibility index (Phi) is 4.52. The van der Waals surface area contributed by atoms with Crippen LogP contribution < -0.4 is 10.4 Å². The molecular formula is C19H25BN2O3. The summed E-state index contributed by atoms with van der Waals surface area (Å²) in [6.45, 7) is 8.67. The summed E-state index contributed by atoms with van der Waals surface area (Å²) in [6, 6.07) is 9.49. The number of nitrogens with zero attached hydrogens (tertiary/aromatic N) is 2. The lowest BCUT2D eigenvalue weighted by Crippen LogP contribution is -2.41. The Morgan fingerprint density at radius 3 is 2.20 bits per heavy atom. The Morgan fingerprint density at radius 1 is 1.04 bits per heavy atom. The number of hydrogen-bond acceptors (Lipinski definition) is 5. The second-order valence-corrected chi connectivity index (χ2v) is 7.54. The maximum Gasteiger partial charge on any atom is 0.494 e. The molecule has 1 aromatic heterocycles. The molecule has 1 fully saturated rings. The molecule has 132 valence electrons. The molecule has 5 nitrogen and oxygen atoms in total. The topological polar surface area (TPSA) is 54.8 Å². The summed E-state index contributed by atoms with van der Waals surface area (Å²) in [4.78, 5) is 6.09. The number of aromatic hydroxyl groups is 1. The molecule has 0 atom stereocenters. The minimum absolute atomic E-state index is 0.244. The van der Waals surface area contributed by atoms with Crippen molar-refractivity contribution in [3.63, 3.8) is 0 Å². The first-order valence-electron chi connectivity index (χ1n) is 8.48. The highest BCUT2D eigenvalue weighted by molar-refractivity contribution is 6.62. The van der Waals surface area contributed by atoms with Gasteiger partial charge in [-0.3, -0.25) is 4.98 Å². The molecule has 0 unspecified atom stereocenters. The quantitative estimate of drug-likeness (QED) is 0.868. The van der Waals surface area contributed by atoms with Crippen molar-refractivity contribution >= 4 is 18.3 Å². The molecule has 2 aromatic rings. The molecule has 0 aliphatic carbocycles. The second kappa shape index (κ2) is 6.35. The molecule has 25 heavy (non-hydrogen) atoms. The van der Waals surface area contributed by atoms with Gasteiger partial charge in [-0.25, -0.2) is 0 Å². The zero-order valence-corrected chi connectivity index (χ0v) is 15.5. The van der Waals surface area contributed by atoms with Crippen molar-refractivity contribution in [2.45, 2.75) is 45.4 Å². The fourth-order valence-corrected chi connectivity index (χ4v) is 2.79. The van der Waals surface area contributed by atoms with E-state index >= 15 is 0 Å². The van der Waals surface area contributed by atoms with Crippen molar-refractivity contribution < 1.29 is 14.4 Å². The summed E-state index contributed by atoms with van der Waals surface area (Å²) in [7, 11) is 1.51. The van der Waals surface area contributed by atoms with Crippen LogP contribution in [0.15, 0.2) is 42.7 Å². The van der Waals surface area contributed by atoms with E-state index in [2.05, 4.69) is 9.88 Å². The van der Waals surface area contributed by atoms with E-state index in [0.29, 0.717) is 6.54 Å². The summed E-state index contributed by atoms with van der Waals surface area (Å²) >= 11 is 0. The van der Waals surface area contributed by atoms with E-state index in [1.54, 1.807) is 18.5 Å². The van der Waals surface area contributed by atoms with Gasteiger partial charge in [-0.15, -0.1) is 0 Å². The zero-order valence-electron chi connectivity index (χ0n) is 15.5. The highest BCUT2D eigenvalue weighted by Gasteiger charge is 2.51.